The van der Waals surface area contributed by atoms with Crippen LogP contribution in [-0.2, 0) is 17.7 Å². The Labute approximate surface area is 206 Å². The van der Waals surface area contributed by atoms with E-state index >= 15 is 0 Å². The van der Waals surface area contributed by atoms with Crippen molar-refractivity contribution >= 4 is 0 Å². The fourth-order valence-electron chi connectivity index (χ4n) is 4.13. The summed E-state index contributed by atoms with van der Waals surface area (Å²) in [4.78, 5) is 2.24. The SMILES string of the molecule is C=CCOCC(O)CN(Cc1c(CC)nn(-c2ccccc2)c1Oc1ccccc1F)CC1CC1. The first kappa shape index (κ1) is 25.1. The van der Waals surface area contributed by atoms with E-state index in [0.717, 1.165) is 23.5 Å². The smallest absolute Gasteiger partial charge is 0.227 e. The molecule has 0 spiro atoms. The van der Waals surface area contributed by atoms with Gasteiger partial charge in [0.05, 0.1) is 36.3 Å². The number of nitrogens with zero attached hydrogens (tertiary/aromatic N) is 3. The summed E-state index contributed by atoms with van der Waals surface area (Å²) in [6.07, 6.45) is 4.14. The van der Waals surface area contributed by atoms with Crippen LogP contribution in [0.25, 0.3) is 5.69 Å². The highest BCUT2D eigenvalue weighted by Crippen LogP contribution is 2.35. The number of para-hydroxylation sites is 2. The van der Waals surface area contributed by atoms with E-state index < -0.39 is 11.9 Å². The van der Waals surface area contributed by atoms with E-state index in [1.54, 1.807) is 29.0 Å². The molecule has 186 valence electrons. The minimum absolute atomic E-state index is 0.153. The maximum absolute atomic E-state index is 14.6. The van der Waals surface area contributed by atoms with Crippen LogP contribution >= 0.6 is 0 Å². The molecule has 0 saturated heterocycles. The predicted octanol–water partition coefficient (Wildman–Crippen LogP) is 5.14. The molecule has 1 aliphatic rings. The molecule has 1 aromatic heterocycles. The molecule has 35 heavy (non-hydrogen) atoms. The molecule has 1 aliphatic carbocycles. The van der Waals surface area contributed by atoms with Crippen molar-refractivity contribution < 1.29 is 19.0 Å². The van der Waals surface area contributed by atoms with Gasteiger partial charge in [-0.15, -0.1) is 6.58 Å². The third-order valence-corrected chi connectivity index (χ3v) is 6.01. The van der Waals surface area contributed by atoms with Gasteiger partial charge >= 0.3 is 0 Å². The van der Waals surface area contributed by atoms with Crippen molar-refractivity contribution in [2.24, 2.45) is 5.92 Å². The Morgan fingerprint density at radius 1 is 1.20 bits per heavy atom. The third-order valence-electron chi connectivity index (χ3n) is 6.01. The Morgan fingerprint density at radius 2 is 1.94 bits per heavy atom. The zero-order chi connectivity index (χ0) is 24.6. The van der Waals surface area contributed by atoms with E-state index in [1.807, 2.05) is 30.3 Å². The fraction of sp³-hybridized carbons (Fsp3) is 0.393. The van der Waals surface area contributed by atoms with Crippen LogP contribution in [-0.4, -0.2) is 52.2 Å². The lowest BCUT2D eigenvalue weighted by Crippen LogP contribution is -2.36. The molecule has 1 atom stereocenters. The number of aliphatic hydroxyl groups is 1. The number of hydrogen-bond donors (Lipinski definition) is 1. The van der Waals surface area contributed by atoms with Crippen LogP contribution < -0.4 is 4.74 Å². The highest BCUT2D eigenvalue weighted by atomic mass is 19.1. The summed E-state index contributed by atoms with van der Waals surface area (Å²) in [6, 6.07) is 16.1. The van der Waals surface area contributed by atoms with Crippen molar-refractivity contribution in [1.29, 1.82) is 0 Å². The molecular formula is C28H34FN3O3. The molecule has 7 heteroatoms. The number of rotatable bonds is 14. The summed E-state index contributed by atoms with van der Waals surface area (Å²) < 4.78 is 28.0. The molecule has 4 rings (SSSR count). The van der Waals surface area contributed by atoms with Crippen molar-refractivity contribution in [1.82, 2.24) is 14.7 Å². The van der Waals surface area contributed by atoms with Gasteiger partial charge in [-0.3, -0.25) is 4.90 Å². The minimum atomic E-state index is -0.626. The van der Waals surface area contributed by atoms with Gasteiger partial charge in [0.25, 0.3) is 0 Å². The molecule has 0 aliphatic heterocycles. The average molecular weight is 480 g/mol. The zero-order valence-corrected chi connectivity index (χ0v) is 20.3. The van der Waals surface area contributed by atoms with Gasteiger partial charge in [-0.2, -0.15) is 5.10 Å². The van der Waals surface area contributed by atoms with Crippen molar-refractivity contribution in [3.8, 4) is 17.3 Å². The van der Waals surface area contributed by atoms with Gasteiger partial charge in [-0.05, 0) is 49.4 Å². The van der Waals surface area contributed by atoms with E-state index in [2.05, 4.69) is 18.4 Å². The van der Waals surface area contributed by atoms with Crippen LogP contribution in [0.1, 0.15) is 31.0 Å². The largest absolute Gasteiger partial charge is 0.435 e. The maximum Gasteiger partial charge on any atom is 0.227 e. The van der Waals surface area contributed by atoms with E-state index in [0.29, 0.717) is 37.9 Å². The van der Waals surface area contributed by atoms with Crippen LogP contribution in [0.5, 0.6) is 11.6 Å². The molecule has 1 saturated carbocycles. The van der Waals surface area contributed by atoms with Crippen LogP contribution in [0.2, 0.25) is 0 Å². The number of ether oxygens (including phenoxy) is 2. The number of aliphatic hydroxyl groups excluding tert-OH is 1. The van der Waals surface area contributed by atoms with Gasteiger partial charge in [0.2, 0.25) is 5.88 Å². The third kappa shape index (κ3) is 6.78. The van der Waals surface area contributed by atoms with Gasteiger partial charge in [-0.1, -0.05) is 43.3 Å². The molecule has 1 unspecified atom stereocenters. The number of benzene rings is 2. The normalized spacial score (nSPS) is 14.3. The molecule has 0 bridgehead atoms. The number of aromatic nitrogens is 2. The lowest BCUT2D eigenvalue weighted by atomic mass is 10.1. The fourth-order valence-corrected chi connectivity index (χ4v) is 4.13. The van der Waals surface area contributed by atoms with Crippen LogP contribution in [0.3, 0.4) is 0 Å². The number of halogens is 1. The number of hydrogen-bond acceptors (Lipinski definition) is 5. The Hall–Kier alpha value is -3.00. The molecule has 1 N–H and O–H groups in total. The molecule has 6 nitrogen and oxygen atoms in total. The van der Waals surface area contributed by atoms with Gasteiger partial charge < -0.3 is 14.6 Å². The first-order valence-corrected chi connectivity index (χ1v) is 12.3. The lowest BCUT2D eigenvalue weighted by molar-refractivity contribution is 0.0235. The van der Waals surface area contributed by atoms with Gasteiger partial charge in [0.15, 0.2) is 11.6 Å². The summed E-state index contributed by atoms with van der Waals surface area (Å²) in [6.45, 7) is 8.23. The van der Waals surface area contributed by atoms with Gasteiger partial charge in [0.1, 0.15) is 0 Å². The monoisotopic (exact) mass is 479 g/mol. The second-order valence-corrected chi connectivity index (χ2v) is 8.98. The highest BCUT2D eigenvalue weighted by molar-refractivity contribution is 5.44. The molecule has 2 aromatic carbocycles. The summed E-state index contributed by atoms with van der Waals surface area (Å²) >= 11 is 0. The van der Waals surface area contributed by atoms with E-state index in [1.165, 1.54) is 18.9 Å². The van der Waals surface area contributed by atoms with E-state index in [4.69, 9.17) is 14.6 Å². The quantitative estimate of drug-likeness (QED) is 0.256. The Kier molecular flexibility index (Phi) is 8.69. The topological polar surface area (TPSA) is 59.8 Å². The lowest BCUT2D eigenvalue weighted by Gasteiger charge is -2.25. The summed E-state index contributed by atoms with van der Waals surface area (Å²) in [5, 5.41) is 15.5. The van der Waals surface area contributed by atoms with Crippen molar-refractivity contribution in [3.05, 3.63) is 84.3 Å². The second kappa shape index (κ2) is 12.1. The molecular weight excluding hydrogens is 445 g/mol. The van der Waals surface area contributed by atoms with Gasteiger partial charge in [0, 0.05) is 19.6 Å². The van der Waals surface area contributed by atoms with Crippen molar-refractivity contribution in [2.75, 3.05) is 26.3 Å². The summed E-state index contributed by atoms with van der Waals surface area (Å²) in [5.41, 5.74) is 2.63. The molecule has 1 heterocycles. The maximum atomic E-state index is 14.6. The number of aryl methyl sites for hydroxylation is 1. The molecule has 1 fully saturated rings. The first-order valence-electron chi connectivity index (χ1n) is 12.3. The van der Waals surface area contributed by atoms with Crippen LogP contribution in [0.4, 0.5) is 4.39 Å². The minimum Gasteiger partial charge on any atom is -0.435 e. The standard InChI is InChI=1S/C28H34FN3O3/c1-3-16-34-20-23(33)18-31(17-21-14-15-21)19-24-26(4-2)30-32(22-10-6-5-7-11-22)28(24)35-27-13-9-8-12-25(27)29/h3,5-13,21,23,33H,1,4,14-20H2,2H3. The highest BCUT2D eigenvalue weighted by Gasteiger charge is 2.29. The average Bonchev–Trinajstić information content (AvgIpc) is 3.62. The molecule has 0 radical (unpaired) electrons. The molecule has 3 aromatic rings. The zero-order valence-electron chi connectivity index (χ0n) is 20.3. The van der Waals surface area contributed by atoms with Crippen LogP contribution in [0.15, 0.2) is 67.3 Å². The van der Waals surface area contributed by atoms with E-state index in [9.17, 15) is 9.50 Å². The second-order valence-electron chi connectivity index (χ2n) is 8.98. The Balaban J connectivity index is 1.67. The van der Waals surface area contributed by atoms with Crippen LogP contribution in [0, 0.1) is 11.7 Å². The van der Waals surface area contributed by atoms with Crippen molar-refractivity contribution in [2.45, 2.75) is 38.8 Å². The van der Waals surface area contributed by atoms with E-state index in [-0.39, 0.29) is 12.4 Å². The summed E-state index contributed by atoms with van der Waals surface area (Å²) in [7, 11) is 0. The molecule has 0 amide bonds. The Morgan fingerprint density at radius 3 is 2.63 bits per heavy atom. The first-order chi connectivity index (χ1) is 17.1. The van der Waals surface area contributed by atoms with Gasteiger partial charge in [-0.25, -0.2) is 9.07 Å². The predicted molar refractivity (Wildman–Crippen MR) is 134 cm³/mol. The Bertz CT molecular complexity index is 1100. The van der Waals surface area contributed by atoms with Crippen molar-refractivity contribution in [3.63, 3.8) is 0 Å². The summed E-state index contributed by atoms with van der Waals surface area (Å²) in [5.74, 6) is 0.847.